The second-order valence-corrected chi connectivity index (χ2v) is 5.07. The highest BCUT2D eigenvalue weighted by Gasteiger charge is 2.11. The molecular formula is C17H15N5O3. The summed E-state index contributed by atoms with van der Waals surface area (Å²) in [5.74, 6) is -0.266. The first-order valence-electron chi connectivity index (χ1n) is 7.60. The smallest absolute Gasteiger partial charge is 0.338 e. The number of esters is 1. The summed E-state index contributed by atoms with van der Waals surface area (Å²) in [5, 5.41) is 16.4. The van der Waals surface area contributed by atoms with Gasteiger partial charge in [-0.25, -0.2) is 4.79 Å². The van der Waals surface area contributed by atoms with E-state index in [1.165, 1.54) is 0 Å². The van der Waals surface area contributed by atoms with Gasteiger partial charge in [-0.3, -0.25) is 4.79 Å². The fraction of sp³-hybridized carbons (Fsp3) is 0.118. The van der Waals surface area contributed by atoms with Crippen LogP contribution in [0.5, 0.6) is 0 Å². The third-order valence-corrected chi connectivity index (χ3v) is 3.38. The Morgan fingerprint density at radius 3 is 2.60 bits per heavy atom. The van der Waals surface area contributed by atoms with Crippen LogP contribution in [0.3, 0.4) is 0 Å². The summed E-state index contributed by atoms with van der Waals surface area (Å²) in [6, 6.07) is 13.4. The van der Waals surface area contributed by atoms with Crippen LogP contribution in [0.1, 0.15) is 27.6 Å². The zero-order chi connectivity index (χ0) is 17.6. The van der Waals surface area contributed by atoms with Gasteiger partial charge in [-0.05, 0) is 42.5 Å². The predicted octanol–water partition coefficient (Wildman–Crippen LogP) is 2.30. The lowest BCUT2D eigenvalue weighted by atomic mass is 10.1. The number of tetrazole rings is 1. The van der Waals surface area contributed by atoms with E-state index >= 15 is 0 Å². The van der Waals surface area contributed by atoms with E-state index in [0.717, 1.165) is 5.56 Å². The average molecular weight is 337 g/mol. The lowest BCUT2D eigenvalue weighted by Crippen LogP contribution is -2.12. The summed E-state index contributed by atoms with van der Waals surface area (Å²) < 4.78 is 4.95. The third-order valence-electron chi connectivity index (χ3n) is 3.38. The number of aromatic amines is 1. The molecule has 0 fully saturated rings. The van der Waals surface area contributed by atoms with Crippen molar-refractivity contribution in [2.24, 2.45) is 0 Å². The second-order valence-electron chi connectivity index (χ2n) is 5.07. The molecule has 126 valence electrons. The van der Waals surface area contributed by atoms with E-state index in [2.05, 4.69) is 25.9 Å². The maximum absolute atomic E-state index is 12.3. The van der Waals surface area contributed by atoms with Gasteiger partial charge in [0.05, 0.1) is 12.2 Å². The molecule has 8 heteroatoms. The molecule has 0 aliphatic rings. The molecule has 1 aromatic heterocycles. The van der Waals surface area contributed by atoms with Crippen LogP contribution < -0.4 is 5.32 Å². The first-order valence-corrected chi connectivity index (χ1v) is 7.60. The second kappa shape index (κ2) is 7.35. The van der Waals surface area contributed by atoms with Crippen molar-refractivity contribution in [3.63, 3.8) is 0 Å². The summed E-state index contributed by atoms with van der Waals surface area (Å²) in [4.78, 5) is 24.1. The first-order chi connectivity index (χ1) is 12.2. The molecule has 0 saturated heterocycles. The fourth-order valence-electron chi connectivity index (χ4n) is 2.20. The normalized spacial score (nSPS) is 10.3. The topological polar surface area (TPSA) is 110 Å². The maximum Gasteiger partial charge on any atom is 0.338 e. The van der Waals surface area contributed by atoms with Gasteiger partial charge in [0.2, 0.25) is 5.82 Å². The molecule has 0 aliphatic heterocycles. The molecule has 1 amide bonds. The number of rotatable bonds is 5. The Morgan fingerprint density at radius 2 is 1.92 bits per heavy atom. The molecule has 3 rings (SSSR count). The summed E-state index contributed by atoms with van der Waals surface area (Å²) in [6.45, 7) is 2.03. The Labute approximate surface area is 143 Å². The molecule has 1 heterocycles. The standard InChI is InChI=1S/C17H15N5O3/c1-2-25-17(24)13-4-3-5-14(10-13)18-16(23)12-8-6-11(7-9-12)15-19-21-22-20-15/h3-10H,2H2,1H3,(H,18,23)(H,19,20,21,22). The van der Waals surface area contributed by atoms with Crippen molar-refractivity contribution < 1.29 is 14.3 Å². The molecule has 0 unspecified atom stereocenters. The first kappa shape index (κ1) is 16.3. The highest BCUT2D eigenvalue weighted by Crippen LogP contribution is 2.16. The number of ether oxygens (including phenoxy) is 1. The van der Waals surface area contributed by atoms with Gasteiger partial charge in [-0.2, -0.15) is 5.21 Å². The Balaban J connectivity index is 1.72. The summed E-state index contributed by atoms with van der Waals surface area (Å²) >= 11 is 0. The Kier molecular flexibility index (Phi) is 4.79. The minimum absolute atomic E-state index is 0.291. The highest BCUT2D eigenvalue weighted by molar-refractivity contribution is 6.05. The van der Waals surface area contributed by atoms with Crippen molar-refractivity contribution in [1.29, 1.82) is 0 Å². The zero-order valence-electron chi connectivity index (χ0n) is 13.4. The van der Waals surface area contributed by atoms with E-state index in [9.17, 15) is 9.59 Å². The summed E-state index contributed by atoms with van der Waals surface area (Å²) in [5.41, 5.74) is 2.10. The van der Waals surface area contributed by atoms with Gasteiger partial charge >= 0.3 is 5.97 Å². The Hall–Kier alpha value is -3.55. The van der Waals surface area contributed by atoms with Crippen LogP contribution >= 0.6 is 0 Å². The van der Waals surface area contributed by atoms with Crippen LogP contribution in [-0.4, -0.2) is 39.1 Å². The van der Waals surface area contributed by atoms with Crippen molar-refractivity contribution in [3.8, 4) is 11.4 Å². The number of amides is 1. The monoisotopic (exact) mass is 337 g/mol. The van der Waals surface area contributed by atoms with Crippen molar-refractivity contribution in [2.45, 2.75) is 6.92 Å². The summed E-state index contributed by atoms with van der Waals surface area (Å²) in [6.07, 6.45) is 0. The Bertz CT molecular complexity index is 876. The molecule has 0 bridgehead atoms. The molecule has 3 aromatic rings. The molecule has 0 atom stereocenters. The molecule has 0 radical (unpaired) electrons. The quantitative estimate of drug-likeness (QED) is 0.691. The molecular weight excluding hydrogens is 322 g/mol. The molecule has 8 nitrogen and oxygen atoms in total. The van der Waals surface area contributed by atoms with E-state index in [1.807, 2.05) is 0 Å². The van der Waals surface area contributed by atoms with Gasteiger partial charge in [0.25, 0.3) is 5.91 Å². The number of nitrogens with zero attached hydrogens (tertiary/aromatic N) is 3. The van der Waals surface area contributed by atoms with E-state index in [0.29, 0.717) is 29.2 Å². The fourth-order valence-corrected chi connectivity index (χ4v) is 2.20. The van der Waals surface area contributed by atoms with Crippen LogP contribution in [0, 0.1) is 0 Å². The van der Waals surface area contributed by atoms with E-state index in [4.69, 9.17) is 4.74 Å². The van der Waals surface area contributed by atoms with Crippen molar-refractivity contribution >= 4 is 17.6 Å². The van der Waals surface area contributed by atoms with Gasteiger partial charge < -0.3 is 10.1 Å². The highest BCUT2D eigenvalue weighted by atomic mass is 16.5. The van der Waals surface area contributed by atoms with Crippen molar-refractivity contribution in [3.05, 3.63) is 59.7 Å². The van der Waals surface area contributed by atoms with Gasteiger partial charge in [0, 0.05) is 16.8 Å². The van der Waals surface area contributed by atoms with Crippen LogP contribution in [-0.2, 0) is 4.74 Å². The van der Waals surface area contributed by atoms with Crippen LogP contribution in [0.25, 0.3) is 11.4 Å². The molecule has 2 N–H and O–H groups in total. The van der Waals surface area contributed by atoms with Gasteiger partial charge in [-0.15, -0.1) is 10.2 Å². The number of hydrogen-bond acceptors (Lipinski definition) is 6. The molecule has 25 heavy (non-hydrogen) atoms. The van der Waals surface area contributed by atoms with E-state index < -0.39 is 5.97 Å². The van der Waals surface area contributed by atoms with Gasteiger partial charge in [-0.1, -0.05) is 18.2 Å². The van der Waals surface area contributed by atoms with Crippen LogP contribution in [0.4, 0.5) is 5.69 Å². The third kappa shape index (κ3) is 3.86. The number of carbonyl (C=O) groups excluding carboxylic acids is 2. The lowest BCUT2D eigenvalue weighted by molar-refractivity contribution is 0.0526. The number of aromatic nitrogens is 4. The number of carbonyl (C=O) groups is 2. The van der Waals surface area contributed by atoms with Crippen molar-refractivity contribution in [2.75, 3.05) is 11.9 Å². The van der Waals surface area contributed by atoms with Crippen LogP contribution in [0.2, 0.25) is 0 Å². The maximum atomic E-state index is 12.3. The van der Waals surface area contributed by atoms with Gasteiger partial charge in [0.15, 0.2) is 0 Å². The number of hydrogen-bond donors (Lipinski definition) is 2. The number of anilines is 1. The predicted molar refractivity (Wildman–Crippen MR) is 90.0 cm³/mol. The molecule has 2 aromatic carbocycles. The number of benzene rings is 2. The van der Waals surface area contributed by atoms with E-state index in [1.54, 1.807) is 55.5 Å². The molecule has 0 spiro atoms. The molecule has 0 saturated carbocycles. The van der Waals surface area contributed by atoms with Crippen molar-refractivity contribution in [1.82, 2.24) is 20.6 Å². The Morgan fingerprint density at radius 1 is 1.12 bits per heavy atom. The summed E-state index contributed by atoms with van der Waals surface area (Å²) in [7, 11) is 0. The van der Waals surface area contributed by atoms with Gasteiger partial charge in [0.1, 0.15) is 0 Å². The number of nitrogens with one attached hydrogen (secondary N) is 2. The lowest BCUT2D eigenvalue weighted by Gasteiger charge is -2.07. The minimum atomic E-state index is -0.428. The zero-order valence-corrected chi connectivity index (χ0v) is 13.4. The molecule has 0 aliphatic carbocycles. The average Bonchev–Trinajstić information content (AvgIpc) is 3.17. The minimum Gasteiger partial charge on any atom is -0.462 e. The number of H-pyrrole nitrogens is 1. The largest absolute Gasteiger partial charge is 0.462 e. The van der Waals surface area contributed by atoms with Crippen LogP contribution in [0.15, 0.2) is 48.5 Å². The SMILES string of the molecule is CCOC(=O)c1cccc(NC(=O)c2ccc(-c3nn[nH]n3)cc2)c1. The van der Waals surface area contributed by atoms with E-state index in [-0.39, 0.29) is 5.91 Å².